The maximum atomic E-state index is 12.5. The van der Waals surface area contributed by atoms with Gasteiger partial charge in [-0.15, -0.1) is 0 Å². The Morgan fingerprint density at radius 3 is 2.39 bits per heavy atom. The zero-order valence-corrected chi connectivity index (χ0v) is 8.99. The van der Waals surface area contributed by atoms with Crippen LogP contribution in [0.3, 0.4) is 0 Å². The highest BCUT2D eigenvalue weighted by Crippen LogP contribution is 2.37. The van der Waals surface area contributed by atoms with Crippen molar-refractivity contribution in [2.45, 2.75) is 11.8 Å². The Kier molecular flexibility index (Phi) is 2.78. The standard InChI is InChI=1S/C10H9F3N2O3/c11-10(12,13)6-1-2-7(8(3-6)15(17)18)9(16)4-14-5-9/h1-3,14,16H,4-5H2. The number of alkyl halides is 3. The zero-order chi connectivity index (χ0) is 13.6. The molecule has 0 saturated carbocycles. The van der Waals surface area contributed by atoms with Gasteiger partial charge in [-0.05, 0) is 12.1 Å². The third-order valence-electron chi connectivity index (χ3n) is 2.86. The lowest BCUT2D eigenvalue weighted by Crippen LogP contribution is -2.56. The number of aliphatic hydroxyl groups is 1. The summed E-state index contributed by atoms with van der Waals surface area (Å²) in [6.45, 7) is 0.165. The van der Waals surface area contributed by atoms with E-state index in [4.69, 9.17) is 0 Å². The molecule has 2 N–H and O–H groups in total. The van der Waals surface area contributed by atoms with Crippen LogP contribution in [0.25, 0.3) is 0 Å². The highest BCUT2D eigenvalue weighted by molar-refractivity contribution is 5.48. The zero-order valence-electron chi connectivity index (χ0n) is 8.99. The first-order chi connectivity index (χ1) is 8.24. The Morgan fingerprint density at radius 2 is 2.00 bits per heavy atom. The fourth-order valence-electron chi connectivity index (χ4n) is 1.80. The molecule has 1 aromatic rings. The number of rotatable bonds is 2. The van der Waals surface area contributed by atoms with Crippen LogP contribution >= 0.6 is 0 Å². The van der Waals surface area contributed by atoms with Crippen molar-refractivity contribution >= 4 is 5.69 Å². The van der Waals surface area contributed by atoms with Gasteiger partial charge in [-0.2, -0.15) is 13.2 Å². The summed E-state index contributed by atoms with van der Waals surface area (Å²) in [6, 6.07) is 2.14. The number of nitro benzene ring substituents is 1. The monoisotopic (exact) mass is 262 g/mol. The van der Waals surface area contributed by atoms with Crippen molar-refractivity contribution in [2.24, 2.45) is 0 Å². The molecule has 8 heteroatoms. The average molecular weight is 262 g/mol. The molecule has 0 aromatic heterocycles. The van der Waals surface area contributed by atoms with Crippen LogP contribution in [0.1, 0.15) is 11.1 Å². The van der Waals surface area contributed by atoms with Crippen molar-refractivity contribution in [3.8, 4) is 0 Å². The van der Waals surface area contributed by atoms with Crippen LogP contribution in [0.5, 0.6) is 0 Å². The molecule has 1 heterocycles. The summed E-state index contributed by atoms with van der Waals surface area (Å²) in [4.78, 5) is 9.88. The molecule has 0 spiro atoms. The summed E-state index contributed by atoms with van der Waals surface area (Å²) >= 11 is 0. The highest BCUT2D eigenvalue weighted by Gasteiger charge is 2.42. The van der Waals surface area contributed by atoms with Gasteiger partial charge in [0.2, 0.25) is 0 Å². The topological polar surface area (TPSA) is 75.4 Å². The fourth-order valence-corrected chi connectivity index (χ4v) is 1.80. The van der Waals surface area contributed by atoms with E-state index >= 15 is 0 Å². The first-order valence-corrected chi connectivity index (χ1v) is 5.03. The van der Waals surface area contributed by atoms with E-state index in [-0.39, 0.29) is 18.7 Å². The smallest absolute Gasteiger partial charge is 0.382 e. The number of hydrogen-bond acceptors (Lipinski definition) is 4. The molecule has 1 fully saturated rings. The van der Waals surface area contributed by atoms with Gasteiger partial charge in [0.15, 0.2) is 0 Å². The Balaban J connectivity index is 2.52. The van der Waals surface area contributed by atoms with E-state index in [2.05, 4.69) is 5.32 Å². The molecule has 0 aliphatic carbocycles. The second-order valence-electron chi connectivity index (χ2n) is 4.12. The molecule has 5 nitrogen and oxygen atoms in total. The van der Waals surface area contributed by atoms with Crippen molar-refractivity contribution in [3.05, 3.63) is 39.4 Å². The molecule has 1 aliphatic heterocycles. The summed E-state index contributed by atoms with van der Waals surface area (Å²) in [7, 11) is 0. The molecular weight excluding hydrogens is 253 g/mol. The molecule has 1 aromatic carbocycles. The molecule has 0 radical (unpaired) electrons. The van der Waals surface area contributed by atoms with Crippen LogP contribution < -0.4 is 5.32 Å². The number of hydrogen-bond donors (Lipinski definition) is 2. The predicted octanol–water partition coefficient (Wildman–Crippen LogP) is 1.40. The van der Waals surface area contributed by atoms with E-state index in [0.717, 1.165) is 12.1 Å². The van der Waals surface area contributed by atoms with Crippen LogP contribution in [-0.2, 0) is 11.8 Å². The van der Waals surface area contributed by atoms with Gasteiger partial charge in [0.1, 0.15) is 5.60 Å². The molecule has 1 aliphatic rings. The Morgan fingerprint density at radius 1 is 1.39 bits per heavy atom. The van der Waals surface area contributed by atoms with Gasteiger partial charge in [0, 0.05) is 19.2 Å². The van der Waals surface area contributed by atoms with E-state index in [1.54, 1.807) is 0 Å². The Hall–Kier alpha value is -1.67. The highest BCUT2D eigenvalue weighted by atomic mass is 19.4. The molecule has 1 saturated heterocycles. The van der Waals surface area contributed by atoms with Gasteiger partial charge in [0.05, 0.1) is 16.1 Å². The molecule has 98 valence electrons. The van der Waals surface area contributed by atoms with E-state index < -0.39 is 28.0 Å². The van der Waals surface area contributed by atoms with Gasteiger partial charge in [0.25, 0.3) is 5.69 Å². The lowest BCUT2D eigenvalue weighted by atomic mass is 9.86. The van der Waals surface area contributed by atoms with Crippen LogP contribution in [-0.4, -0.2) is 23.1 Å². The third-order valence-corrected chi connectivity index (χ3v) is 2.86. The summed E-state index contributed by atoms with van der Waals surface area (Å²) in [6.07, 6.45) is -4.65. The predicted molar refractivity (Wildman–Crippen MR) is 54.9 cm³/mol. The van der Waals surface area contributed by atoms with E-state index in [1.165, 1.54) is 0 Å². The van der Waals surface area contributed by atoms with Gasteiger partial charge in [-0.3, -0.25) is 10.1 Å². The molecule has 18 heavy (non-hydrogen) atoms. The van der Waals surface area contributed by atoms with Gasteiger partial charge in [-0.1, -0.05) is 0 Å². The molecule has 0 amide bonds. The first-order valence-electron chi connectivity index (χ1n) is 5.03. The summed E-state index contributed by atoms with van der Waals surface area (Å²) in [5.41, 5.74) is -3.38. The second-order valence-corrected chi connectivity index (χ2v) is 4.12. The fraction of sp³-hybridized carbons (Fsp3) is 0.400. The SMILES string of the molecule is O=[N+]([O-])c1cc(C(F)(F)F)ccc1C1(O)CNC1. The van der Waals surface area contributed by atoms with Crippen molar-refractivity contribution in [1.82, 2.24) is 5.32 Å². The molecular formula is C10H9F3N2O3. The summed E-state index contributed by atoms with van der Waals surface area (Å²) < 4.78 is 37.4. The van der Waals surface area contributed by atoms with Crippen molar-refractivity contribution in [3.63, 3.8) is 0 Å². The summed E-state index contributed by atoms with van der Waals surface area (Å²) in [5.74, 6) is 0. The quantitative estimate of drug-likeness (QED) is 0.624. The van der Waals surface area contributed by atoms with Gasteiger partial charge >= 0.3 is 6.18 Å². The number of halogens is 3. The Bertz CT molecular complexity index is 498. The number of nitro groups is 1. The third kappa shape index (κ3) is 2.04. The lowest BCUT2D eigenvalue weighted by Gasteiger charge is -2.37. The summed E-state index contributed by atoms with van der Waals surface area (Å²) in [5, 5.41) is 23.5. The number of β-amino-alcohol motifs (C(OH)–C–C–N with tert-alkyl or cyclic N) is 1. The Labute approximate surface area is 99.4 Å². The minimum atomic E-state index is -4.65. The number of benzene rings is 1. The van der Waals surface area contributed by atoms with Crippen molar-refractivity contribution < 1.29 is 23.2 Å². The molecule has 0 bridgehead atoms. The second kappa shape index (κ2) is 3.92. The average Bonchev–Trinajstić information content (AvgIpc) is 2.23. The van der Waals surface area contributed by atoms with Gasteiger partial charge in [-0.25, -0.2) is 0 Å². The maximum Gasteiger partial charge on any atom is 0.416 e. The van der Waals surface area contributed by atoms with Crippen LogP contribution in [0.15, 0.2) is 18.2 Å². The van der Waals surface area contributed by atoms with Crippen LogP contribution in [0.4, 0.5) is 18.9 Å². The van der Waals surface area contributed by atoms with Crippen LogP contribution in [0.2, 0.25) is 0 Å². The normalized spacial score (nSPS) is 18.2. The molecule has 0 atom stereocenters. The van der Waals surface area contributed by atoms with E-state index in [9.17, 15) is 28.4 Å². The van der Waals surface area contributed by atoms with Gasteiger partial charge < -0.3 is 10.4 Å². The minimum Gasteiger partial charge on any atom is -0.382 e. The van der Waals surface area contributed by atoms with Crippen molar-refractivity contribution in [1.29, 1.82) is 0 Å². The molecule has 2 rings (SSSR count). The number of nitrogens with one attached hydrogen (secondary N) is 1. The van der Waals surface area contributed by atoms with Crippen LogP contribution in [0, 0.1) is 10.1 Å². The first kappa shape index (κ1) is 12.8. The van der Waals surface area contributed by atoms with E-state index in [1.807, 2.05) is 0 Å². The van der Waals surface area contributed by atoms with Crippen molar-refractivity contribution in [2.75, 3.05) is 13.1 Å². The minimum absolute atomic E-state index is 0.0825. The largest absolute Gasteiger partial charge is 0.416 e. The lowest BCUT2D eigenvalue weighted by molar-refractivity contribution is -0.387. The van der Waals surface area contributed by atoms with E-state index in [0.29, 0.717) is 6.07 Å². The number of nitrogens with zero attached hydrogens (tertiary/aromatic N) is 1. The maximum absolute atomic E-state index is 12.5. The molecule has 0 unspecified atom stereocenters.